The number of rotatable bonds is 1. The van der Waals surface area contributed by atoms with E-state index in [1.54, 1.807) is 30.3 Å². The molecular weight excluding hydrogens is 254 g/mol. The van der Waals surface area contributed by atoms with Crippen molar-refractivity contribution < 1.29 is 10.2 Å². The molecule has 4 heteroatoms. The largest absolute Gasteiger partial charge is 0.508 e. The van der Waals surface area contributed by atoms with Gasteiger partial charge in [0.05, 0.1) is 16.6 Å². The minimum absolute atomic E-state index is 0.0226. The average Bonchev–Trinajstić information content (AvgIpc) is 2.42. The summed E-state index contributed by atoms with van der Waals surface area (Å²) in [5, 5.41) is 19.7. The summed E-state index contributed by atoms with van der Waals surface area (Å²) in [4.78, 5) is 12.2. The molecule has 0 fully saturated rings. The van der Waals surface area contributed by atoms with E-state index in [9.17, 15) is 15.0 Å². The Balaban J connectivity index is 2.40. The van der Waals surface area contributed by atoms with Crippen LogP contribution in [0.15, 0.2) is 53.3 Å². The first kappa shape index (κ1) is 12.3. The molecule has 0 saturated carbocycles. The highest BCUT2D eigenvalue weighted by Crippen LogP contribution is 2.27. The van der Waals surface area contributed by atoms with Gasteiger partial charge in [0.15, 0.2) is 5.43 Å². The van der Waals surface area contributed by atoms with Crippen molar-refractivity contribution in [2.75, 3.05) is 0 Å². The number of aromatic nitrogens is 1. The summed E-state index contributed by atoms with van der Waals surface area (Å²) in [6.07, 6.45) is 0. The van der Waals surface area contributed by atoms with Gasteiger partial charge in [-0.25, -0.2) is 0 Å². The van der Waals surface area contributed by atoms with Gasteiger partial charge < -0.3 is 14.8 Å². The first-order chi connectivity index (χ1) is 9.58. The fraction of sp³-hybridized carbons (Fsp3) is 0.0625. The fourth-order valence-corrected chi connectivity index (χ4v) is 2.43. The van der Waals surface area contributed by atoms with E-state index in [4.69, 9.17) is 0 Å². The Labute approximate surface area is 115 Å². The van der Waals surface area contributed by atoms with Crippen LogP contribution in [0.2, 0.25) is 0 Å². The lowest BCUT2D eigenvalue weighted by molar-refractivity contribution is 0.475. The molecule has 1 heterocycles. The number of hydrogen-bond donors (Lipinski definition) is 2. The maximum Gasteiger partial charge on any atom is 0.193 e. The molecular formula is C16H13NO3. The van der Waals surface area contributed by atoms with Crippen LogP contribution in [0, 0.1) is 0 Å². The van der Waals surface area contributed by atoms with Gasteiger partial charge in [0.2, 0.25) is 0 Å². The molecule has 2 aromatic carbocycles. The predicted octanol–water partition coefficient (Wildman–Crippen LogP) is 2.62. The van der Waals surface area contributed by atoms with Crippen LogP contribution < -0.4 is 5.43 Å². The third-order valence-corrected chi connectivity index (χ3v) is 3.40. The Bertz CT molecular complexity index is 865. The van der Waals surface area contributed by atoms with Crippen LogP contribution in [0.1, 0.15) is 0 Å². The smallest absolute Gasteiger partial charge is 0.193 e. The molecule has 0 bridgehead atoms. The van der Waals surface area contributed by atoms with Crippen molar-refractivity contribution >= 4 is 10.9 Å². The quantitative estimate of drug-likeness (QED) is 0.712. The van der Waals surface area contributed by atoms with Crippen molar-refractivity contribution in [1.82, 2.24) is 4.57 Å². The molecule has 20 heavy (non-hydrogen) atoms. The minimum Gasteiger partial charge on any atom is -0.508 e. The summed E-state index contributed by atoms with van der Waals surface area (Å²) >= 11 is 0. The van der Waals surface area contributed by atoms with Gasteiger partial charge in [-0.2, -0.15) is 0 Å². The van der Waals surface area contributed by atoms with Crippen LogP contribution in [-0.2, 0) is 7.05 Å². The zero-order valence-corrected chi connectivity index (χ0v) is 10.9. The van der Waals surface area contributed by atoms with E-state index in [1.165, 1.54) is 12.1 Å². The zero-order chi connectivity index (χ0) is 14.3. The SMILES string of the molecule is Cn1c(-c2cccc(O)c2)cc(=O)c2c(O)cccc21. The summed E-state index contributed by atoms with van der Waals surface area (Å²) in [6, 6.07) is 13.2. The number of benzene rings is 2. The summed E-state index contributed by atoms with van der Waals surface area (Å²) in [5.74, 6) is 0.122. The highest BCUT2D eigenvalue weighted by Gasteiger charge is 2.11. The molecule has 0 saturated heterocycles. The number of phenolic OH excluding ortho intramolecular Hbond substituents is 2. The lowest BCUT2D eigenvalue weighted by atomic mass is 10.1. The third-order valence-electron chi connectivity index (χ3n) is 3.40. The van der Waals surface area contributed by atoms with E-state index < -0.39 is 0 Å². The molecule has 0 radical (unpaired) electrons. The van der Waals surface area contributed by atoms with Crippen molar-refractivity contribution in [3.63, 3.8) is 0 Å². The van der Waals surface area contributed by atoms with Crippen LogP contribution in [0.25, 0.3) is 22.2 Å². The molecule has 3 rings (SSSR count). The van der Waals surface area contributed by atoms with E-state index in [2.05, 4.69) is 0 Å². The highest BCUT2D eigenvalue weighted by molar-refractivity contribution is 5.87. The van der Waals surface area contributed by atoms with Crippen LogP contribution in [0.5, 0.6) is 11.5 Å². The van der Waals surface area contributed by atoms with E-state index >= 15 is 0 Å². The van der Waals surface area contributed by atoms with Gasteiger partial charge in [-0.3, -0.25) is 4.79 Å². The molecule has 0 aliphatic carbocycles. The number of phenols is 2. The Morgan fingerprint density at radius 2 is 1.75 bits per heavy atom. The molecule has 0 aliphatic heterocycles. The molecule has 0 spiro atoms. The van der Waals surface area contributed by atoms with Gasteiger partial charge in [0.25, 0.3) is 0 Å². The Hall–Kier alpha value is -2.75. The van der Waals surface area contributed by atoms with E-state index in [0.717, 1.165) is 5.56 Å². The first-order valence-corrected chi connectivity index (χ1v) is 6.19. The Morgan fingerprint density at radius 1 is 1.00 bits per heavy atom. The minimum atomic E-state index is -0.241. The van der Waals surface area contributed by atoms with Crippen molar-refractivity contribution in [3.8, 4) is 22.8 Å². The summed E-state index contributed by atoms with van der Waals surface area (Å²) in [6.45, 7) is 0. The molecule has 100 valence electrons. The van der Waals surface area contributed by atoms with E-state index in [0.29, 0.717) is 16.6 Å². The second kappa shape index (κ2) is 4.42. The zero-order valence-electron chi connectivity index (χ0n) is 10.9. The van der Waals surface area contributed by atoms with Crippen LogP contribution in [0.3, 0.4) is 0 Å². The predicted molar refractivity (Wildman–Crippen MR) is 78.0 cm³/mol. The summed E-state index contributed by atoms with van der Waals surface area (Å²) < 4.78 is 1.82. The maximum atomic E-state index is 12.2. The Kier molecular flexibility index (Phi) is 2.71. The fourth-order valence-electron chi connectivity index (χ4n) is 2.43. The first-order valence-electron chi connectivity index (χ1n) is 6.19. The molecule has 2 N–H and O–H groups in total. The lowest BCUT2D eigenvalue weighted by Gasteiger charge is -2.13. The number of pyridine rings is 1. The van der Waals surface area contributed by atoms with E-state index in [1.807, 2.05) is 17.7 Å². The molecule has 0 aliphatic rings. The normalized spacial score (nSPS) is 10.8. The van der Waals surface area contributed by atoms with Gasteiger partial charge in [-0.15, -0.1) is 0 Å². The summed E-state index contributed by atoms with van der Waals surface area (Å²) in [5.41, 5.74) is 1.84. The standard InChI is InChI=1S/C16H13NO3/c1-17-12-6-3-7-14(19)16(12)15(20)9-13(17)10-4-2-5-11(18)8-10/h2-9,18-19H,1H3. The molecule has 0 unspecified atom stereocenters. The maximum absolute atomic E-state index is 12.2. The second-order valence-corrected chi connectivity index (χ2v) is 4.67. The van der Waals surface area contributed by atoms with E-state index in [-0.39, 0.29) is 16.9 Å². The Morgan fingerprint density at radius 3 is 2.50 bits per heavy atom. The van der Waals surface area contributed by atoms with Crippen molar-refractivity contribution in [2.24, 2.45) is 7.05 Å². The van der Waals surface area contributed by atoms with Crippen LogP contribution >= 0.6 is 0 Å². The lowest BCUT2D eigenvalue weighted by Crippen LogP contribution is -2.09. The third kappa shape index (κ3) is 1.82. The van der Waals surface area contributed by atoms with Gasteiger partial charge >= 0.3 is 0 Å². The van der Waals surface area contributed by atoms with Crippen molar-refractivity contribution in [2.45, 2.75) is 0 Å². The number of nitrogens with zero attached hydrogens (tertiary/aromatic N) is 1. The highest BCUT2D eigenvalue weighted by atomic mass is 16.3. The average molecular weight is 267 g/mol. The number of hydrogen-bond acceptors (Lipinski definition) is 3. The second-order valence-electron chi connectivity index (χ2n) is 4.67. The molecule has 0 amide bonds. The molecule has 0 atom stereocenters. The van der Waals surface area contributed by atoms with Gasteiger partial charge in [0, 0.05) is 18.7 Å². The number of aryl methyl sites for hydroxylation is 1. The van der Waals surface area contributed by atoms with Crippen LogP contribution in [0.4, 0.5) is 0 Å². The van der Waals surface area contributed by atoms with Crippen molar-refractivity contribution in [1.29, 1.82) is 0 Å². The van der Waals surface area contributed by atoms with Gasteiger partial charge in [-0.05, 0) is 24.3 Å². The van der Waals surface area contributed by atoms with Gasteiger partial charge in [0.1, 0.15) is 11.5 Å². The topological polar surface area (TPSA) is 62.5 Å². The number of aromatic hydroxyl groups is 2. The number of fused-ring (bicyclic) bond motifs is 1. The van der Waals surface area contributed by atoms with Gasteiger partial charge in [-0.1, -0.05) is 18.2 Å². The molecule has 1 aromatic heterocycles. The summed E-state index contributed by atoms with van der Waals surface area (Å²) in [7, 11) is 1.82. The van der Waals surface area contributed by atoms with Crippen molar-refractivity contribution in [3.05, 3.63) is 58.8 Å². The molecule has 4 nitrogen and oxygen atoms in total. The molecule has 3 aromatic rings. The van der Waals surface area contributed by atoms with Crippen LogP contribution in [-0.4, -0.2) is 14.8 Å². The monoisotopic (exact) mass is 267 g/mol.